The molecule has 3 nitrogen and oxygen atoms in total. The van der Waals surface area contributed by atoms with Crippen LogP contribution in [0.2, 0.25) is 10.0 Å². The molecule has 2 aromatic rings. The van der Waals surface area contributed by atoms with Crippen LogP contribution in [-0.4, -0.2) is 11.0 Å². The highest BCUT2D eigenvalue weighted by Gasteiger charge is 2.14. The lowest BCUT2D eigenvalue weighted by molar-refractivity contribution is 0.102. The van der Waals surface area contributed by atoms with E-state index in [0.717, 1.165) is 12.1 Å². The SMILES string of the molecule is O=C(Nc1cccc(Cl)c1Cl)c1ccc(F)cc1O. The maximum absolute atomic E-state index is 12.8. The van der Waals surface area contributed by atoms with Gasteiger partial charge in [0.2, 0.25) is 0 Å². The molecule has 0 aliphatic heterocycles. The number of hydrogen-bond acceptors (Lipinski definition) is 2. The average molecular weight is 300 g/mol. The number of rotatable bonds is 2. The third kappa shape index (κ3) is 2.97. The van der Waals surface area contributed by atoms with E-state index >= 15 is 0 Å². The van der Waals surface area contributed by atoms with Crippen LogP contribution in [0.25, 0.3) is 0 Å². The second-order valence-electron chi connectivity index (χ2n) is 3.72. The van der Waals surface area contributed by atoms with Crippen LogP contribution in [0.3, 0.4) is 0 Å². The Hall–Kier alpha value is -1.78. The van der Waals surface area contributed by atoms with Crippen molar-refractivity contribution >= 4 is 34.8 Å². The maximum atomic E-state index is 12.8. The topological polar surface area (TPSA) is 49.3 Å². The summed E-state index contributed by atoms with van der Waals surface area (Å²) in [5.41, 5.74) is 0.250. The number of amides is 1. The number of nitrogens with one attached hydrogen (secondary N) is 1. The van der Waals surface area contributed by atoms with Gasteiger partial charge in [-0.1, -0.05) is 29.3 Å². The number of carbonyl (C=O) groups is 1. The van der Waals surface area contributed by atoms with Crippen molar-refractivity contribution in [3.8, 4) is 5.75 Å². The minimum Gasteiger partial charge on any atom is -0.507 e. The van der Waals surface area contributed by atoms with Crippen LogP contribution in [0.15, 0.2) is 36.4 Å². The molecule has 2 rings (SSSR count). The van der Waals surface area contributed by atoms with Crippen LogP contribution in [0.1, 0.15) is 10.4 Å². The molecule has 1 amide bonds. The second-order valence-corrected chi connectivity index (χ2v) is 4.50. The number of benzene rings is 2. The number of phenolic OH excluding ortho intramolecular Hbond substituents is 1. The first kappa shape index (κ1) is 13.6. The number of carbonyl (C=O) groups excluding carboxylic acids is 1. The molecule has 0 spiro atoms. The Labute approximate surface area is 118 Å². The molecule has 19 heavy (non-hydrogen) atoms. The lowest BCUT2D eigenvalue weighted by atomic mass is 10.2. The highest BCUT2D eigenvalue weighted by Crippen LogP contribution is 2.30. The number of hydrogen-bond donors (Lipinski definition) is 2. The Morgan fingerprint density at radius 2 is 1.95 bits per heavy atom. The summed E-state index contributed by atoms with van der Waals surface area (Å²) in [7, 11) is 0. The molecule has 0 aliphatic carbocycles. The summed E-state index contributed by atoms with van der Waals surface area (Å²) in [5, 5.41) is 12.5. The zero-order valence-corrected chi connectivity index (χ0v) is 11.0. The van der Waals surface area contributed by atoms with E-state index in [2.05, 4.69) is 5.32 Å². The van der Waals surface area contributed by atoms with Crippen molar-refractivity contribution in [2.75, 3.05) is 5.32 Å². The van der Waals surface area contributed by atoms with E-state index in [4.69, 9.17) is 23.2 Å². The number of aromatic hydroxyl groups is 1. The second kappa shape index (κ2) is 5.47. The molecule has 2 N–H and O–H groups in total. The smallest absolute Gasteiger partial charge is 0.259 e. The fraction of sp³-hybridized carbons (Fsp3) is 0. The monoisotopic (exact) mass is 299 g/mol. The van der Waals surface area contributed by atoms with Crippen molar-refractivity contribution in [1.29, 1.82) is 0 Å². The molecule has 6 heteroatoms. The highest BCUT2D eigenvalue weighted by molar-refractivity contribution is 6.44. The minimum absolute atomic E-state index is 0.0579. The predicted molar refractivity (Wildman–Crippen MR) is 72.5 cm³/mol. The van der Waals surface area contributed by atoms with E-state index < -0.39 is 17.5 Å². The molecule has 0 aromatic heterocycles. The van der Waals surface area contributed by atoms with Gasteiger partial charge in [-0.05, 0) is 24.3 Å². The molecule has 98 valence electrons. The first-order chi connectivity index (χ1) is 8.99. The molecule has 0 bridgehead atoms. The fourth-order valence-electron chi connectivity index (χ4n) is 1.49. The quantitative estimate of drug-likeness (QED) is 0.877. The normalized spacial score (nSPS) is 10.3. The third-order valence-electron chi connectivity index (χ3n) is 2.40. The van der Waals surface area contributed by atoms with E-state index in [-0.39, 0.29) is 10.6 Å². The number of anilines is 1. The minimum atomic E-state index is -0.630. The van der Waals surface area contributed by atoms with Gasteiger partial charge < -0.3 is 10.4 Å². The van der Waals surface area contributed by atoms with E-state index in [0.29, 0.717) is 10.7 Å². The molecule has 0 atom stereocenters. The predicted octanol–water partition coefficient (Wildman–Crippen LogP) is 4.09. The first-order valence-corrected chi connectivity index (χ1v) is 5.98. The molecule has 0 fully saturated rings. The summed E-state index contributed by atoms with van der Waals surface area (Å²) >= 11 is 11.7. The van der Waals surface area contributed by atoms with Crippen LogP contribution in [0.5, 0.6) is 5.75 Å². The van der Waals surface area contributed by atoms with Crippen LogP contribution in [0.4, 0.5) is 10.1 Å². The van der Waals surface area contributed by atoms with Crippen LogP contribution < -0.4 is 5.32 Å². The van der Waals surface area contributed by atoms with Crippen molar-refractivity contribution in [1.82, 2.24) is 0 Å². The Morgan fingerprint density at radius 1 is 1.21 bits per heavy atom. The molecular formula is C13H8Cl2FNO2. The molecule has 0 unspecified atom stereocenters. The fourth-order valence-corrected chi connectivity index (χ4v) is 1.83. The van der Waals surface area contributed by atoms with Crippen LogP contribution in [0, 0.1) is 5.82 Å². The van der Waals surface area contributed by atoms with Gasteiger partial charge in [0.05, 0.1) is 21.3 Å². The summed E-state index contributed by atoms with van der Waals surface area (Å²) in [6, 6.07) is 7.87. The van der Waals surface area contributed by atoms with Gasteiger partial charge in [-0.2, -0.15) is 0 Å². The maximum Gasteiger partial charge on any atom is 0.259 e. The van der Waals surface area contributed by atoms with Gasteiger partial charge in [0.25, 0.3) is 5.91 Å². The van der Waals surface area contributed by atoms with Gasteiger partial charge in [-0.15, -0.1) is 0 Å². The highest BCUT2D eigenvalue weighted by atomic mass is 35.5. The van der Waals surface area contributed by atoms with Gasteiger partial charge in [0.1, 0.15) is 11.6 Å². The standard InChI is InChI=1S/C13H8Cl2FNO2/c14-9-2-1-3-10(12(9)15)17-13(19)8-5-4-7(16)6-11(8)18/h1-6,18H,(H,17,19). The Balaban J connectivity index is 2.28. The lowest BCUT2D eigenvalue weighted by Crippen LogP contribution is -2.12. The molecule has 0 aliphatic rings. The zero-order valence-electron chi connectivity index (χ0n) is 9.45. The Bertz CT molecular complexity index is 647. The van der Waals surface area contributed by atoms with Gasteiger partial charge >= 0.3 is 0 Å². The average Bonchev–Trinajstić information content (AvgIpc) is 2.34. The Kier molecular flexibility index (Phi) is 3.93. The first-order valence-electron chi connectivity index (χ1n) is 5.23. The third-order valence-corrected chi connectivity index (χ3v) is 3.22. The molecule has 0 heterocycles. The van der Waals surface area contributed by atoms with Crippen LogP contribution >= 0.6 is 23.2 Å². The number of phenols is 1. The molecule has 0 radical (unpaired) electrons. The Morgan fingerprint density at radius 3 is 2.63 bits per heavy atom. The summed E-state index contributed by atoms with van der Waals surface area (Å²) in [5.74, 6) is -1.69. The van der Waals surface area contributed by atoms with Crippen molar-refractivity contribution in [3.05, 3.63) is 57.8 Å². The van der Waals surface area contributed by atoms with E-state index in [9.17, 15) is 14.3 Å². The van der Waals surface area contributed by atoms with Gasteiger partial charge in [-0.25, -0.2) is 4.39 Å². The van der Waals surface area contributed by atoms with E-state index in [1.807, 2.05) is 0 Å². The molecular weight excluding hydrogens is 292 g/mol. The van der Waals surface area contributed by atoms with Crippen molar-refractivity contribution in [2.24, 2.45) is 0 Å². The van der Waals surface area contributed by atoms with E-state index in [1.165, 1.54) is 6.07 Å². The van der Waals surface area contributed by atoms with Gasteiger partial charge in [0.15, 0.2) is 0 Å². The van der Waals surface area contributed by atoms with Crippen molar-refractivity contribution < 1.29 is 14.3 Å². The lowest BCUT2D eigenvalue weighted by Gasteiger charge is -2.09. The summed E-state index contributed by atoms with van der Waals surface area (Å²) in [6.07, 6.45) is 0. The summed E-state index contributed by atoms with van der Waals surface area (Å²) in [4.78, 5) is 11.9. The van der Waals surface area contributed by atoms with Gasteiger partial charge in [-0.3, -0.25) is 4.79 Å². The van der Waals surface area contributed by atoms with Gasteiger partial charge in [0, 0.05) is 6.07 Å². The summed E-state index contributed by atoms with van der Waals surface area (Å²) in [6.45, 7) is 0. The molecule has 2 aromatic carbocycles. The van der Waals surface area contributed by atoms with Crippen LogP contribution in [-0.2, 0) is 0 Å². The van der Waals surface area contributed by atoms with Crippen molar-refractivity contribution in [2.45, 2.75) is 0 Å². The molecule has 0 saturated carbocycles. The summed E-state index contributed by atoms with van der Waals surface area (Å²) < 4.78 is 12.8. The number of halogens is 3. The van der Waals surface area contributed by atoms with E-state index in [1.54, 1.807) is 18.2 Å². The zero-order chi connectivity index (χ0) is 14.0. The molecule has 0 saturated heterocycles. The largest absolute Gasteiger partial charge is 0.507 e. The van der Waals surface area contributed by atoms with Crippen molar-refractivity contribution in [3.63, 3.8) is 0 Å².